The second kappa shape index (κ2) is 6.89. The van der Waals surface area contributed by atoms with E-state index in [1.807, 2.05) is 77.5 Å². The number of aromatic nitrogens is 2. The number of carbonyl (C=O) groups excluding carboxylic acids is 1. The highest BCUT2D eigenvalue weighted by atomic mass is 79.9. The molecule has 0 radical (unpaired) electrons. The summed E-state index contributed by atoms with van der Waals surface area (Å²) in [6, 6.07) is 23.5. The van der Waals surface area contributed by atoms with Crippen LogP contribution < -0.4 is 21.5 Å². The molecule has 0 unspecified atom stereocenters. The first-order chi connectivity index (χ1) is 11.3. The first kappa shape index (κ1) is 16.3. The lowest BCUT2D eigenvalue weighted by atomic mass is 10.1. The van der Waals surface area contributed by atoms with Gasteiger partial charge in [-0.15, -0.1) is 0 Å². The number of pyridine rings is 2. The number of halogens is 1. The van der Waals surface area contributed by atoms with Crippen LogP contribution in [0.1, 0.15) is 10.4 Å². The number of fused-ring (bicyclic) bond motifs is 2. The first-order valence-electron chi connectivity index (χ1n) is 7.57. The molecule has 0 fully saturated rings. The van der Waals surface area contributed by atoms with E-state index < -0.39 is 0 Å². The zero-order valence-electron chi connectivity index (χ0n) is 12.9. The van der Waals surface area contributed by atoms with Gasteiger partial charge in [-0.3, -0.25) is 4.79 Å². The molecule has 2 heterocycles. The number of benzene rings is 2. The summed E-state index contributed by atoms with van der Waals surface area (Å²) in [5, 5.41) is 2.14. The van der Waals surface area contributed by atoms with Crippen molar-refractivity contribution in [1.29, 1.82) is 0 Å². The average molecular weight is 379 g/mol. The summed E-state index contributed by atoms with van der Waals surface area (Å²) >= 11 is 0. The van der Waals surface area contributed by atoms with Crippen molar-refractivity contribution < 1.29 is 26.3 Å². The smallest absolute Gasteiger partial charge is 0.331 e. The van der Waals surface area contributed by atoms with Gasteiger partial charge in [0.05, 0.1) is 11.6 Å². The number of hydrogen-bond donors (Lipinski definition) is 0. The molecule has 3 nitrogen and oxygen atoms in total. The molecule has 0 bridgehead atoms. The number of ketones is 1. The monoisotopic (exact) mass is 378 g/mol. The van der Waals surface area contributed by atoms with E-state index in [9.17, 15) is 4.79 Å². The van der Waals surface area contributed by atoms with Gasteiger partial charge in [0.15, 0.2) is 12.1 Å². The van der Waals surface area contributed by atoms with E-state index in [4.69, 9.17) is 4.98 Å². The largest absolute Gasteiger partial charge is 1.00 e. The van der Waals surface area contributed by atoms with Gasteiger partial charge in [0.2, 0.25) is 5.78 Å². The Kier molecular flexibility index (Phi) is 4.67. The predicted molar refractivity (Wildman–Crippen MR) is 90.2 cm³/mol. The fourth-order valence-corrected chi connectivity index (χ4v) is 2.79. The topological polar surface area (TPSA) is 33.8 Å². The number of para-hydroxylation sites is 1. The zero-order chi connectivity index (χ0) is 15.6. The van der Waals surface area contributed by atoms with Crippen LogP contribution in [0.5, 0.6) is 0 Å². The number of Topliss-reactive ketones (excluding diaryl/α,β-unsaturated/α-hetero) is 1. The van der Waals surface area contributed by atoms with Gasteiger partial charge in [0.1, 0.15) is 0 Å². The van der Waals surface area contributed by atoms with Gasteiger partial charge in [-0.2, -0.15) is 0 Å². The molecule has 0 aliphatic heterocycles. The SMILES string of the molecule is O=C(C[n+]1cccc2cc3ccccc3nc21)c1ccccc1.[Br-]. The third-order valence-electron chi connectivity index (χ3n) is 3.96. The Labute approximate surface area is 150 Å². The van der Waals surface area contributed by atoms with Crippen LogP contribution in [0.4, 0.5) is 0 Å². The molecular weight excluding hydrogens is 364 g/mol. The lowest BCUT2D eigenvalue weighted by Crippen LogP contribution is -3.00. The maximum Gasteiger partial charge on any atom is 0.331 e. The Morgan fingerprint density at radius 3 is 2.42 bits per heavy atom. The summed E-state index contributed by atoms with van der Waals surface area (Å²) in [6.45, 7) is 0.284. The average Bonchev–Trinajstić information content (AvgIpc) is 2.61. The Bertz CT molecular complexity index is 1020. The van der Waals surface area contributed by atoms with E-state index in [1.165, 1.54) is 0 Å². The standard InChI is InChI=1S/C20H15N2O.BrH/c23-19(15-7-2-1-3-8-15)14-22-12-6-10-17-13-16-9-4-5-11-18(16)21-20(17)22;/h1-13H,14H2;1H/q+1;/p-1. The molecule has 0 aliphatic rings. The van der Waals surface area contributed by atoms with Crippen LogP contribution in [0.25, 0.3) is 21.9 Å². The maximum atomic E-state index is 12.5. The summed E-state index contributed by atoms with van der Waals surface area (Å²) in [4.78, 5) is 17.2. The Balaban J connectivity index is 0.00000169. The summed E-state index contributed by atoms with van der Waals surface area (Å²) in [7, 11) is 0. The van der Waals surface area contributed by atoms with Gasteiger partial charge in [-0.25, -0.2) is 4.57 Å². The molecule has 0 aliphatic carbocycles. The van der Waals surface area contributed by atoms with Crippen LogP contribution in [0.3, 0.4) is 0 Å². The maximum absolute atomic E-state index is 12.5. The van der Waals surface area contributed by atoms with Crippen LogP contribution >= 0.6 is 0 Å². The highest BCUT2D eigenvalue weighted by Crippen LogP contribution is 2.17. The Hall–Kier alpha value is -2.59. The third-order valence-corrected chi connectivity index (χ3v) is 3.96. The van der Waals surface area contributed by atoms with E-state index >= 15 is 0 Å². The lowest BCUT2D eigenvalue weighted by Gasteiger charge is -2.03. The molecule has 0 N–H and O–H groups in total. The molecule has 118 valence electrons. The highest BCUT2D eigenvalue weighted by molar-refractivity contribution is 5.95. The predicted octanol–water partition coefficient (Wildman–Crippen LogP) is 0.562. The van der Waals surface area contributed by atoms with Crippen LogP contribution in [0, 0.1) is 0 Å². The van der Waals surface area contributed by atoms with Crippen LogP contribution in [0.2, 0.25) is 0 Å². The van der Waals surface area contributed by atoms with Crippen molar-refractivity contribution >= 4 is 27.7 Å². The molecule has 24 heavy (non-hydrogen) atoms. The fourth-order valence-electron chi connectivity index (χ4n) is 2.79. The van der Waals surface area contributed by atoms with E-state index in [0.29, 0.717) is 0 Å². The van der Waals surface area contributed by atoms with Crippen LogP contribution in [-0.4, -0.2) is 10.8 Å². The summed E-state index contributed by atoms with van der Waals surface area (Å²) in [5.41, 5.74) is 2.49. The van der Waals surface area contributed by atoms with E-state index in [1.54, 1.807) is 0 Å². The Morgan fingerprint density at radius 1 is 0.875 bits per heavy atom. The van der Waals surface area contributed by atoms with Crippen molar-refractivity contribution in [1.82, 2.24) is 4.98 Å². The minimum Gasteiger partial charge on any atom is -1.00 e. The van der Waals surface area contributed by atoms with Crippen molar-refractivity contribution in [2.45, 2.75) is 6.54 Å². The number of rotatable bonds is 3. The van der Waals surface area contributed by atoms with Crippen molar-refractivity contribution in [2.24, 2.45) is 0 Å². The quantitative estimate of drug-likeness (QED) is 0.296. The van der Waals surface area contributed by atoms with E-state index in [0.717, 1.165) is 27.5 Å². The van der Waals surface area contributed by atoms with Gasteiger partial charge in [0.25, 0.3) is 0 Å². The number of nitrogens with zero attached hydrogens (tertiary/aromatic N) is 2. The van der Waals surface area contributed by atoms with Crippen LogP contribution in [0.15, 0.2) is 79.0 Å². The summed E-state index contributed by atoms with van der Waals surface area (Å²) in [6.07, 6.45) is 1.91. The van der Waals surface area contributed by atoms with E-state index in [-0.39, 0.29) is 29.3 Å². The molecule has 0 amide bonds. The molecule has 0 saturated carbocycles. The van der Waals surface area contributed by atoms with Crippen molar-refractivity contribution in [3.05, 3.63) is 84.6 Å². The molecule has 2 aromatic heterocycles. The van der Waals surface area contributed by atoms with Gasteiger partial charge in [-0.1, -0.05) is 48.5 Å². The Morgan fingerprint density at radius 2 is 1.58 bits per heavy atom. The third kappa shape index (κ3) is 3.05. The molecule has 0 atom stereocenters. The molecule has 2 aromatic carbocycles. The summed E-state index contributed by atoms with van der Waals surface area (Å²) in [5.74, 6) is 0.0815. The van der Waals surface area contributed by atoms with Crippen molar-refractivity contribution in [2.75, 3.05) is 0 Å². The van der Waals surface area contributed by atoms with Gasteiger partial charge >= 0.3 is 5.65 Å². The van der Waals surface area contributed by atoms with Crippen LogP contribution in [-0.2, 0) is 6.54 Å². The highest BCUT2D eigenvalue weighted by Gasteiger charge is 2.15. The van der Waals surface area contributed by atoms with Crippen molar-refractivity contribution in [3.63, 3.8) is 0 Å². The van der Waals surface area contributed by atoms with Gasteiger partial charge < -0.3 is 17.0 Å². The second-order valence-electron chi connectivity index (χ2n) is 5.52. The normalized spacial score (nSPS) is 10.5. The van der Waals surface area contributed by atoms with Gasteiger partial charge in [0, 0.05) is 10.9 Å². The lowest BCUT2D eigenvalue weighted by molar-refractivity contribution is -0.658. The first-order valence-corrected chi connectivity index (χ1v) is 7.57. The fraction of sp³-hybridized carbons (Fsp3) is 0.0500. The van der Waals surface area contributed by atoms with E-state index in [2.05, 4.69) is 6.07 Å². The molecule has 4 aromatic rings. The molecule has 0 saturated heterocycles. The minimum absolute atomic E-state index is 0. The number of carbonyl (C=O) groups is 1. The molecular formula is C20H15BrN2O. The second-order valence-corrected chi connectivity index (χ2v) is 5.52. The molecule has 4 rings (SSSR count). The summed E-state index contributed by atoms with van der Waals surface area (Å²) < 4.78 is 1.91. The number of hydrogen-bond acceptors (Lipinski definition) is 2. The minimum atomic E-state index is 0. The van der Waals surface area contributed by atoms with Gasteiger partial charge in [-0.05, 0) is 29.2 Å². The molecule has 0 spiro atoms. The zero-order valence-corrected chi connectivity index (χ0v) is 14.5. The van der Waals surface area contributed by atoms with Crippen molar-refractivity contribution in [3.8, 4) is 0 Å². The molecule has 4 heteroatoms.